The van der Waals surface area contributed by atoms with Crippen LogP contribution in [0.4, 0.5) is 0 Å². The second kappa shape index (κ2) is 28.2. The van der Waals surface area contributed by atoms with Crippen LogP contribution in [0.25, 0.3) is 0 Å². The van der Waals surface area contributed by atoms with E-state index < -0.39 is 130 Å². The summed E-state index contributed by atoms with van der Waals surface area (Å²) in [5.41, 5.74) is 6.10. The molecule has 0 aliphatic carbocycles. The number of phenols is 6. The highest BCUT2D eigenvalue weighted by atomic mass is 35.5. The lowest BCUT2D eigenvalue weighted by Gasteiger charge is -2.37. The molecular weight excluding hydrogens is 1290 g/mol. The number of carbonyl (C=O) groups excluding carboxylic acids is 7. The zero-order chi connectivity index (χ0) is 68.4. The molecule has 6 aliphatic heterocycles. The largest absolute Gasteiger partial charge is 0.508 e. The van der Waals surface area contributed by atoms with Crippen LogP contribution >= 0.6 is 23.2 Å². The standard InChI is InChI=1S/C67H66Cl2N10O17/c1-77(2)14-3-15-78-16-18-79(19-17-78)67(93)57(36-22-40(81)30-41(82)23-36)75-66(92)58-59(85)35-8-13-49(45(69)26-35)96-52-29-38-28-51(60(52)86)95-48-12-4-32(20-44(48)68)21-46-61(87)72-55(64(90)74-56(38)65(91)73-54(63(89)76-58)33-5-9-39(80)10-6-33)37-24-42(83)31-43(25-37)94-50-27-34(7-11-47(50)84)53(70)62(88)71-46/h4-13,20,22-31,46,53-59,80-86H,3,14-19,21,70H2,1-2H3,(H,71,88)(H,72,87)(H,73,91)(H,74,90)(H,75,92)(H,76,89)/t46-,53-,54-,55+,56-,57+,58+,59-/m1/s1. The number of rotatable bonds is 9. The van der Waals surface area contributed by atoms with Gasteiger partial charge in [0.1, 0.15) is 88.6 Å². The number of hydrogen-bond acceptors (Lipinski definition) is 20. The summed E-state index contributed by atoms with van der Waals surface area (Å²) in [5.74, 6) is -12.3. The van der Waals surface area contributed by atoms with Gasteiger partial charge in [0, 0.05) is 44.7 Å². The topological polar surface area (TPSA) is 397 Å². The normalized spacial score (nSPS) is 21.1. The second-order valence-electron chi connectivity index (χ2n) is 23.8. The number of benzene rings is 7. The number of carbonyl (C=O) groups is 7. The number of phenolic OH excluding ortho intramolecular Hbond substituents is 6. The van der Waals surface area contributed by atoms with E-state index in [-0.39, 0.29) is 91.7 Å². The van der Waals surface area contributed by atoms with E-state index in [1.165, 1.54) is 89.8 Å². The summed E-state index contributed by atoms with van der Waals surface area (Å²) >= 11 is 13.9. The van der Waals surface area contributed by atoms with Gasteiger partial charge < -0.3 is 97.4 Å². The zero-order valence-corrected chi connectivity index (χ0v) is 52.8. The number of hydrogen-bond donors (Lipinski definition) is 14. The minimum absolute atomic E-state index is 0.0868. The highest BCUT2D eigenvalue weighted by Crippen LogP contribution is 2.47. The first-order valence-electron chi connectivity index (χ1n) is 30.2. The number of nitrogens with two attached hydrogens (primary N) is 1. The predicted octanol–water partition coefficient (Wildman–Crippen LogP) is 5.02. The van der Waals surface area contributed by atoms with Crippen molar-refractivity contribution in [1.29, 1.82) is 0 Å². The molecule has 27 nitrogen and oxygen atoms in total. The number of piperazine rings is 1. The van der Waals surface area contributed by atoms with Gasteiger partial charge in [0.05, 0.1) is 10.0 Å². The molecular formula is C67H66Cl2N10O17. The average Bonchev–Trinajstić information content (AvgIpc) is 0.796. The minimum atomic E-state index is -2.13. The third-order valence-electron chi connectivity index (χ3n) is 16.6. The Labute approximate surface area is 557 Å². The van der Waals surface area contributed by atoms with Crippen molar-refractivity contribution in [1.82, 2.24) is 46.6 Å². The summed E-state index contributed by atoms with van der Waals surface area (Å²) in [4.78, 5) is 112. The van der Waals surface area contributed by atoms with Crippen molar-refractivity contribution in [2.75, 3.05) is 53.4 Å². The first-order chi connectivity index (χ1) is 45.8. The van der Waals surface area contributed by atoms with E-state index in [1.54, 1.807) is 0 Å². The summed E-state index contributed by atoms with van der Waals surface area (Å²) in [7, 11) is 3.93. The third kappa shape index (κ3) is 15.0. The van der Waals surface area contributed by atoms with Crippen LogP contribution in [-0.4, -0.2) is 157 Å². The summed E-state index contributed by atoms with van der Waals surface area (Å²) < 4.78 is 18.6. The zero-order valence-electron chi connectivity index (χ0n) is 51.3. The molecule has 0 radical (unpaired) electrons. The number of nitrogens with one attached hydrogen (secondary N) is 6. The predicted molar refractivity (Wildman–Crippen MR) is 345 cm³/mol. The Hall–Kier alpha value is -10.6. The fraction of sp³-hybridized carbons (Fsp3) is 0.269. The Bertz CT molecular complexity index is 4190. The van der Waals surface area contributed by atoms with E-state index in [2.05, 4.69) is 41.7 Å². The van der Waals surface area contributed by atoms with Gasteiger partial charge in [-0.05, 0) is 157 Å². The van der Waals surface area contributed by atoms with Gasteiger partial charge in [0.15, 0.2) is 23.0 Å². The lowest BCUT2D eigenvalue weighted by atomic mass is 9.97. The first kappa shape index (κ1) is 66.9. The van der Waals surface area contributed by atoms with Crippen LogP contribution < -0.4 is 51.8 Å². The maximum Gasteiger partial charge on any atom is 0.249 e. The molecule has 500 valence electrons. The van der Waals surface area contributed by atoms with Crippen LogP contribution in [-0.2, 0) is 40.0 Å². The Morgan fingerprint density at radius 2 is 1.14 bits per heavy atom. The molecule has 0 spiro atoms. The smallest absolute Gasteiger partial charge is 0.249 e. The van der Waals surface area contributed by atoms with Crippen LogP contribution in [0.1, 0.15) is 81.7 Å². The van der Waals surface area contributed by atoms with Gasteiger partial charge in [-0.3, -0.25) is 38.5 Å². The monoisotopic (exact) mass is 1350 g/mol. The van der Waals surface area contributed by atoms with Crippen molar-refractivity contribution in [3.63, 3.8) is 0 Å². The van der Waals surface area contributed by atoms with Crippen LogP contribution in [0.5, 0.6) is 69.0 Å². The van der Waals surface area contributed by atoms with E-state index in [4.69, 9.17) is 43.1 Å². The number of halogens is 2. The SMILES string of the molecule is CN(C)CCCN1CCN(C(=O)[C@@H](NC(=O)[C@H]2NC(=O)[C@@H](c3ccc(O)cc3)NC(=O)[C@@H]3NC(=O)[C@H]4NC(=O)[C@@H](Cc5ccc(c(Cl)c5)Oc5cc3cc(c5O)Oc3ccc(cc3Cl)[C@H]2O)NC(=O)[C@H](N)c2ccc(O)c(c2)Oc2cc(O)cc4c2)c2cc(O)cc(O)c2)CC1. The summed E-state index contributed by atoms with van der Waals surface area (Å²) in [6.45, 7) is 2.92. The summed E-state index contributed by atoms with van der Waals surface area (Å²) in [5, 5.41) is 94.2. The molecule has 0 unspecified atom stereocenters. The average molecular weight is 1350 g/mol. The van der Waals surface area contributed by atoms with Crippen molar-refractivity contribution in [3.05, 3.63) is 176 Å². The van der Waals surface area contributed by atoms with Crippen molar-refractivity contribution < 1.29 is 83.5 Å². The summed E-state index contributed by atoms with van der Waals surface area (Å²) in [6.07, 6.45) is -1.56. The molecule has 6 heterocycles. The van der Waals surface area contributed by atoms with Gasteiger partial charge in [-0.2, -0.15) is 0 Å². The molecule has 0 aromatic heterocycles. The molecule has 1 fully saturated rings. The van der Waals surface area contributed by atoms with Crippen molar-refractivity contribution in [2.24, 2.45) is 5.73 Å². The molecule has 8 atom stereocenters. The molecule has 7 amide bonds. The maximum atomic E-state index is 15.8. The van der Waals surface area contributed by atoms with Gasteiger partial charge in [0.25, 0.3) is 0 Å². The van der Waals surface area contributed by atoms with Gasteiger partial charge in [-0.25, -0.2) is 0 Å². The van der Waals surface area contributed by atoms with E-state index in [0.717, 1.165) is 62.0 Å². The van der Waals surface area contributed by atoms with E-state index in [9.17, 15) is 50.1 Å². The van der Waals surface area contributed by atoms with Gasteiger partial charge in [-0.15, -0.1) is 0 Å². The lowest BCUT2D eigenvalue weighted by Crippen LogP contribution is -2.57. The van der Waals surface area contributed by atoms with Gasteiger partial charge in [-0.1, -0.05) is 53.5 Å². The Morgan fingerprint density at radius 3 is 1.77 bits per heavy atom. The molecule has 7 aromatic carbocycles. The number of aliphatic hydroxyl groups is 1. The van der Waals surface area contributed by atoms with Crippen LogP contribution in [0.2, 0.25) is 10.0 Å². The van der Waals surface area contributed by atoms with E-state index in [1.807, 2.05) is 14.1 Å². The van der Waals surface area contributed by atoms with Crippen LogP contribution in [0.3, 0.4) is 0 Å². The maximum absolute atomic E-state index is 15.8. The second-order valence-corrected chi connectivity index (χ2v) is 24.6. The van der Waals surface area contributed by atoms with Crippen LogP contribution in [0.15, 0.2) is 127 Å². The molecule has 15 N–H and O–H groups in total. The number of ether oxygens (including phenoxy) is 3. The quantitative estimate of drug-likeness (QED) is 0.0902. The fourth-order valence-corrected chi connectivity index (χ4v) is 12.1. The van der Waals surface area contributed by atoms with E-state index in [0.29, 0.717) is 18.7 Å². The molecule has 7 aromatic rings. The molecule has 96 heavy (non-hydrogen) atoms. The van der Waals surface area contributed by atoms with Gasteiger partial charge in [0.2, 0.25) is 47.1 Å². The fourth-order valence-electron chi connectivity index (χ4n) is 11.6. The molecule has 1 saturated heterocycles. The summed E-state index contributed by atoms with van der Waals surface area (Å²) in [6, 6.07) is 12.6. The van der Waals surface area contributed by atoms with E-state index >= 15 is 19.2 Å². The minimum Gasteiger partial charge on any atom is -0.508 e. The first-order valence-corrected chi connectivity index (χ1v) is 31.0. The number of nitrogens with zero attached hydrogens (tertiary/aromatic N) is 3. The Morgan fingerprint density at radius 1 is 0.573 bits per heavy atom. The van der Waals surface area contributed by atoms with Crippen molar-refractivity contribution >= 4 is 64.6 Å². The molecule has 29 heteroatoms. The number of fused-ring (bicyclic) bond motifs is 15. The number of amides is 7. The molecule has 13 bridgehead atoms. The van der Waals surface area contributed by atoms with Crippen molar-refractivity contribution in [3.8, 4) is 69.0 Å². The molecule has 0 saturated carbocycles. The van der Waals surface area contributed by atoms with Crippen molar-refractivity contribution in [2.45, 2.75) is 61.2 Å². The molecule has 13 rings (SSSR count). The lowest BCUT2D eigenvalue weighted by molar-refractivity contribution is -0.140. The third-order valence-corrected chi connectivity index (χ3v) is 17.2. The van der Waals surface area contributed by atoms with Crippen LogP contribution in [0, 0.1) is 0 Å². The Balaban J connectivity index is 1.03. The highest BCUT2D eigenvalue weighted by molar-refractivity contribution is 6.32. The number of aromatic hydroxyl groups is 6. The number of aliphatic hydroxyl groups excluding tert-OH is 1. The highest BCUT2D eigenvalue weighted by Gasteiger charge is 2.41. The van der Waals surface area contributed by atoms with Gasteiger partial charge >= 0.3 is 0 Å². The Kier molecular flexibility index (Phi) is 19.6. The molecule has 6 aliphatic rings.